The lowest BCUT2D eigenvalue weighted by Crippen LogP contribution is -2.34. The van der Waals surface area contributed by atoms with Crippen molar-refractivity contribution in [2.45, 2.75) is 6.92 Å². The predicted molar refractivity (Wildman–Crippen MR) is 98.7 cm³/mol. The van der Waals surface area contributed by atoms with Crippen LogP contribution in [0.4, 0.5) is 0 Å². The van der Waals surface area contributed by atoms with Crippen LogP contribution < -0.4 is 20.2 Å². The Labute approximate surface area is 152 Å². The van der Waals surface area contributed by atoms with E-state index < -0.39 is 5.91 Å². The number of ether oxygens (including phenoxy) is 2. The van der Waals surface area contributed by atoms with E-state index in [1.165, 1.54) is 6.21 Å². The van der Waals surface area contributed by atoms with Gasteiger partial charge in [-0.25, -0.2) is 5.43 Å². The van der Waals surface area contributed by atoms with Crippen molar-refractivity contribution in [3.05, 3.63) is 59.7 Å². The summed E-state index contributed by atoms with van der Waals surface area (Å²) in [6, 6.07) is 14.0. The van der Waals surface area contributed by atoms with Crippen molar-refractivity contribution in [3.8, 4) is 11.5 Å². The summed E-state index contributed by atoms with van der Waals surface area (Å²) >= 11 is 0. The largest absolute Gasteiger partial charge is 0.493 e. The van der Waals surface area contributed by atoms with Crippen LogP contribution in [-0.4, -0.2) is 38.3 Å². The topological polar surface area (TPSA) is 89.0 Å². The van der Waals surface area contributed by atoms with E-state index in [1.807, 2.05) is 13.0 Å². The lowest BCUT2D eigenvalue weighted by molar-refractivity contribution is -0.120. The van der Waals surface area contributed by atoms with Crippen LogP contribution in [-0.2, 0) is 4.79 Å². The van der Waals surface area contributed by atoms with E-state index in [9.17, 15) is 9.59 Å². The zero-order chi connectivity index (χ0) is 18.8. The molecule has 2 aromatic carbocycles. The number of amides is 2. The molecule has 0 spiro atoms. The van der Waals surface area contributed by atoms with Crippen molar-refractivity contribution < 1.29 is 19.1 Å². The zero-order valence-electron chi connectivity index (χ0n) is 14.7. The third kappa shape index (κ3) is 5.62. The minimum Gasteiger partial charge on any atom is -0.493 e. The second-order valence-electron chi connectivity index (χ2n) is 5.19. The zero-order valence-corrected chi connectivity index (χ0v) is 14.7. The van der Waals surface area contributed by atoms with E-state index in [1.54, 1.807) is 49.6 Å². The Morgan fingerprint density at radius 1 is 1.12 bits per heavy atom. The fraction of sp³-hybridized carbons (Fsp3) is 0.211. The van der Waals surface area contributed by atoms with E-state index in [-0.39, 0.29) is 12.5 Å². The number of nitrogens with one attached hydrogen (secondary N) is 2. The van der Waals surface area contributed by atoms with Crippen LogP contribution in [0.3, 0.4) is 0 Å². The van der Waals surface area contributed by atoms with Crippen LogP contribution >= 0.6 is 0 Å². The number of hydrogen-bond donors (Lipinski definition) is 2. The highest BCUT2D eigenvalue weighted by molar-refractivity contribution is 5.96. The Balaban J connectivity index is 1.84. The summed E-state index contributed by atoms with van der Waals surface area (Å²) in [7, 11) is 1.55. The third-order valence-corrected chi connectivity index (χ3v) is 3.34. The molecule has 0 aliphatic carbocycles. The molecule has 0 bridgehead atoms. The number of carbonyl (C=O) groups is 2. The van der Waals surface area contributed by atoms with Crippen molar-refractivity contribution in [1.29, 1.82) is 0 Å². The molecule has 0 saturated carbocycles. The normalized spacial score (nSPS) is 10.4. The Bertz CT molecular complexity index is 776. The van der Waals surface area contributed by atoms with E-state index >= 15 is 0 Å². The van der Waals surface area contributed by atoms with Crippen molar-refractivity contribution >= 4 is 18.0 Å². The Morgan fingerprint density at radius 3 is 2.58 bits per heavy atom. The number of hydrazone groups is 1. The van der Waals surface area contributed by atoms with Crippen molar-refractivity contribution in [2.75, 3.05) is 20.3 Å². The molecular weight excluding hydrogens is 334 g/mol. The smallest absolute Gasteiger partial charge is 0.259 e. The molecule has 136 valence electrons. The summed E-state index contributed by atoms with van der Waals surface area (Å²) in [4.78, 5) is 23.6. The molecule has 0 aliphatic heterocycles. The summed E-state index contributed by atoms with van der Waals surface area (Å²) in [6.45, 7) is 2.26. The van der Waals surface area contributed by atoms with Crippen LogP contribution in [0.5, 0.6) is 11.5 Å². The maximum Gasteiger partial charge on any atom is 0.259 e. The summed E-state index contributed by atoms with van der Waals surface area (Å²) < 4.78 is 10.7. The van der Waals surface area contributed by atoms with Crippen LogP contribution in [0.15, 0.2) is 53.6 Å². The maximum atomic E-state index is 11.8. The van der Waals surface area contributed by atoms with Gasteiger partial charge in [-0.15, -0.1) is 0 Å². The van der Waals surface area contributed by atoms with E-state index in [0.717, 1.165) is 5.56 Å². The van der Waals surface area contributed by atoms with Gasteiger partial charge in [0.1, 0.15) is 0 Å². The Kier molecular flexibility index (Phi) is 7.17. The SMILES string of the molecule is CCOc1ccc(/C=N/NC(=O)CNC(=O)c2ccccc2)cc1OC. The van der Waals surface area contributed by atoms with Gasteiger partial charge in [-0.1, -0.05) is 18.2 Å². The number of methoxy groups -OCH3 is 1. The van der Waals surface area contributed by atoms with Crippen molar-refractivity contribution in [1.82, 2.24) is 10.7 Å². The van der Waals surface area contributed by atoms with Crippen molar-refractivity contribution in [2.24, 2.45) is 5.10 Å². The minimum absolute atomic E-state index is 0.169. The van der Waals surface area contributed by atoms with Crippen LogP contribution in [0.1, 0.15) is 22.8 Å². The van der Waals surface area contributed by atoms with Gasteiger partial charge in [0.25, 0.3) is 11.8 Å². The summed E-state index contributed by atoms with van der Waals surface area (Å²) in [5.41, 5.74) is 3.59. The molecule has 2 N–H and O–H groups in total. The highest BCUT2D eigenvalue weighted by atomic mass is 16.5. The van der Waals surface area contributed by atoms with Crippen LogP contribution in [0.25, 0.3) is 0 Å². The fourth-order valence-electron chi connectivity index (χ4n) is 2.11. The van der Waals surface area contributed by atoms with Crippen molar-refractivity contribution in [3.63, 3.8) is 0 Å². The summed E-state index contributed by atoms with van der Waals surface area (Å²) in [6.07, 6.45) is 1.48. The number of carbonyl (C=O) groups excluding carboxylic acids is 2. The molecule has 26 heavy (non-hydrogen) atoms. The highest BCUT2D eigenvalue weighted by Gasteiger charge is 2.07. The molecule has 2 rings (SSSR count). The lowest BCUT2D eigenvalue weighted by atomic mass is 10.2. The molecular formula is C19H21N3O4. The van der Waals surface area contributed by atoms with Gasteiger partial charge in [0.2, 0.25) is 0 Å². The fourth-order valence-corrected chi connectivity index (χ4v) is 2.11. The molecule has 0 fully saturated rings. The summed E-state index contributed by atoms with van der Waals surface area (Å²) in [5.74, 6) is 0.474. The molecule has 0 saturated heterocycles. The molecule has 7 nitrogen and oxygen atoms in total. The molecule has 0 aromatic heterocycles. The molecule has 0 heterocycles. The van der Waals surface area contributed by atoms with E-state index in [0.29, 0.717) is 23.7 Å². The number of hydrogen-bond acceptors (Lipinski definition) is 5. The quantitative estimate of drug-likeness (QED) is 0.560. The molecule has 0 aliphatic rings. The molecule has 7 heteroatoms. The first-order valence-electron chi connectivity index (χ1n) is 8.10. The standard InChI is InChI=1S/C19H21N3O4/c1-3-26-16-10-9-14(11-17(16)25-2)12-21-22-18(23)13-20-19(24)15-7-5-4-6-8-15/h4-12H,3,13H2,1-2H3,(H,20,24)(H,22,23)/b21-12+. The maximum absolute atomic E-state index is 11.8. The number of nitrogens with zero attached hydrogens (tertiary/aromatic N) is 1. The molecule has 0 unspecified atom stereocenters. The average Bonchev–Trinajstić information content (AvgIpc) is 2.68. The van der Waals surface area contributed by atoms with Crippen LogP contribution in [0, 0.1) is 0 Å². The van der Waals surface area contributed by atoms with Gasteiger partial charge in [0, 0.05) is 5.56 Å². The highest BCUT2D eigenvalue weighted by Crippen LogP contribution is 2.27. The van der Waals surface area contributed by atoms with Gasteiger partial charge in [0.15, 0.2) is 11.5 Å². The van der Waals surface area contributed by atoms with Gasteiger partial charge < -0.3 is 14.8 Å². The van der Waals surface area contributed by atoms with Gasteiger partial charge in [0.05, 0.1) is 26.5 Å². The Morgan fingerprint density at radius 2 is 1.88 bits per heavy atom. The third-order valence-electron chi connectivity index (χ3n) is 3.34. The molecule has 2 aromatic rings. The van der Waals surface area contributed by atoms with Crippen LogP contribution in [0.2, 0.25) is 0 Å². The lowest BCUT2D eigenvalue weighted by Gasteiger charge is -2.09. The molecule has 0 radical (unpaired) electrons. The first-order valence-corrected chi connectivity index (χ1v) is 8.10. The van der Waals surface area contributed by atoms with Gasteiger partial charge in [-0.2, -0.15) is 5.10 Å². The van der Waals surface area contributed by atoms with E-state index in [4.69, 9.17) is 9.47 Å². The molecule has 2 amide bonds. The predicted octanol–water partition coefficient (Wildman–Crippen LogP) is 1.97. The first-order chi connectivity index (χ1) is 12.6. The Hall–Kier alpha value is -3.35. The monoisotopic (exact) mass is 355 g/mol. The second kappa shape index (κ2) is 9.83. The van der Waals surface area contributed by atoms with Gasteiger partial charge >= 0.3 is 0 Å². The van der Waals surface area contributed by atoms with Gasteiger partial charge in [-0.3, -0.25) is 9.59 Å². The minimum atomic E-state index is -0.427. The summed E-state index contributed by atoms with van der Waals surface area (Å²) in [5, 5.41) is 6.40. The number of rotatable bonds is 8. The van der Waals surface area contributed by atoms with E-state index in [2.05, 4.69) is 15.8 Å². The van der Waals surface area contributed by atoms with Gasteiger partial charge in [-0.05, 0) is 42.8 Å². The average molecular weight is 355 g/mol. The number of benzene rings is 2. The molecule has 0 atom stereocenters. The second-order valence-corrected chi connectivity index (χ2v) is 5.19. The first kappa shape index (κ1) is 19.0.